The van der Waals surface area contributed by atoms with E-state index >= 15 is 0 Å². The van der Waals surface area contributed by atoms with Crippen LogP contribution in [0.15, 0.2) is 18.2 Å². The number of hydrogen-bond acceptors (Lipinski definition) is 3. The quantitative estimate of drug-likeness (QED) is 0.761. The summed E-state index contributed by atoms with van der Waals surface area (Å²) >= 11 is 0. The number of ether oxygens (including phenoxy) is 1. The van der Waals surface area contributed by atoms with E-state index in [0.29, 0.717) is 32.5 Å². The van der Waals surface area contributed by atoms with Crippen LogP contribution in [0.3, 0.4) is 0 Å². The van der Waals surface area contributed by atoms with Crippen LogP contribution in [-0.4, -0.2) is 36.4 Å². The van der Waals surface area contributed by atoms with E-state index in [-0.39, 0.29) is 47.4 Å². The first kappa shape index (κ1) is 22.4. The number of hydrogen-bond donors (Lipinski definition) is 1. The first-order chi connectivity index (χ1) is 14.2. The number of alkyl halides is 3. The van der Waals surface area contributed by atoms with Crippen molar-refractivity contribution in [3.63, 3.8) is 0 Å². The van der Waals surface area contributed by atoms with Crippen LogP contribution < -0.4 is 10.1 Å². The lowest BCUT2D eigenvalue weighted by molar-refractivity contribution is -0.139. The minimum Gasteiger partial charge on any atom is -0.491 e. The van der Waals surface area contributed by atoms with Crippen LogP contribution in [0.5, 0.6) is 5.75 Å². The number of fused-ring (bicyclic) bond motifs is 2. The van der Waals surface area contributed by atoms with E-state index in [4.69, 9.17) is 4.74 Å². The van der Waals surface area contributed by atoms with Gasteiger partial charge in [-0.05, 0) is 55.7 Å². The summed E-state index contributed by atoms with van der Waals surface area (Å²) in [6.07, 6.45) is -1.30. The molecule has 0 unspecified atom stereocenters. The molecule has 30 heavy (non-hydrogen) atoms. The molecule has 5 nitrogen and oxygen atoms in total. The van der Waals surface area contributed by atoms with Gasteiger partial charge in [0.05, 0.1) is 17.9 Å². The third-order valence-corrected chi connectivity index (χ3v) is 6.31. The first-order valence-electron chi connectivity index (χ1n) is 10.7. The molecule has 0 radical (unpaired) electrons. The molecule has 0 saturated carbocycles. The zero-order chi connectivity index (χ0) is 21.9. The smallest absolute Gasteiger partial charge is 0.416 e. The Morgan fingerprint density at radius 3 is 2.63 bits per heavy atom. The molecule has 0 aromatic heterocycles. The van der Waals surface area contributed by atoms with Crippen LogP contribution >= 0.6 is 0 Å². The summed E-state index contributed by atoms with van der Waals surface area (Å²) in [5.74, 6) is 0.304. The van der Waals surface area contributed by atoms with Crippen molar-refractivity contribution >= 4 is 17.5 Å². The number of benzene rings is 1. The monoisotopic (exact) mass is 426 g/mol. The van der Waals surface area contributed by atoms with Gasteiger partial charge in [-0.15, -0.1) is 0 Å². The molecule has 8 heteroatoms. The van der Waals surface area contributed by atoms with Crippen LogP contribution in [0.1, 0.15) is 51.5 Å². The summed E-state index contributed by atoms with van der Waals surface area (Å²) in [4.78, 5) is 27.3. The van der Waals surface area contributed by atoms with Gasteiger partial charge in [-0.3, -0.25) is 9.59 Å². The van der Waals surface area contributed by atoms with Crippen molar-refractivity contribution in [1.29, 1.82) is 0 Å². The number of likely N-dealkylation sites (tertiary alicyclic amines) is 1. The highest BCUT2D eigenvalue weighted by Gasteiger charge is 2.35. The van der Waals surface area contributed by atoms with Crippen molar-refractivity contribution in [2.24, 2.45) is 17.8 Å². The van der Waals surface area contributed by atoms with Gasteiger partial charge < -0.3 is 15.0 Å². The number of carbonyl (C=O) groups excluding carboxylic acids is 2. The van der Waals surface area contributed by atoms with Gasteiger partial charge in [0.2, 0.25) is 11.8 Å². The molecular weight excluding hydrogens is 397 g/mol. The van der Waals surface area contributed by atoms with Gasteiger partial charge in [0, 0.05) is 25.4 Å². The number of halogens is 3. The molecule has 0 bridgehead atoms. The topological polar surface area (TPSA) is 58.6 Å². The van der Waals surface area contributed by atoms with Gasteiger partial charge in [0.15, 0.2) is 0 Å². The molecule has 1 saturated heterocycles. The van der Waals surface area contributed by atoms with Gasteiger partial charge in [0.25, 0.3) is 0 Å². The number of amides is 2. The zero-order valence-electron chi connectivity index (χ0n) is 17.4. The van der Waals surface area contributed by atoms with Crippen molar-refractivity contribution in [2.75, 3.05) is 25.0 Å². The van der Waals surface area contributed by atoms with Crippen molar-refractivity contribution in [3.8, 4) is 5.75 Å². The minimum absolute atomic E-state index is 0.0235. The van der Waals surface area contributed by atoms with E-state index in [1.54, 1.807) is 0 Å². The van der Waals surface area contributed by atoms with Gasteiger partial charge in [-0.25, -0.2) is 0 Å². The van der Waals surface area contributed by atoms with Crippen molar-refractivity contribution in [3.05, 3.63) is 23.8 Å². The van der Waals surface area contributed by atoms with E-state index in [2.05, 4.69) is 5.32 Å². The van der Waals surface area contributed by atoms with Crippen LogP contribution in [0.2, 0.25) is 0 Å². The Labute approximate surface area is 175 Å². The molecule has 1 aromatic carbocycles. The zero-order valence-corrected chi connectivity index (χ0v) is 17.4. The second-order valence-electron chi connectivity index (χ2n) is 8.20. The Morgan fingerprint density at radius 1 is 1.23 bits per heavy atom. The van der Waals surface area contributed by atoms with Crippen molar-refractivity contribution in [2.45, 2.75) is 52.1 Å². The fraction of sp³-hybridized carbons (Fsp3) is 0.636. The van der Waals surface area contributed by atoms with E-state index in [9.17, 15) is 22.8 Å². The molecule has 1 N–H and O–H groups in total. The normalized spacial score (nSPS) is 22.6. The maximum absolute atomic E-state index is 13.0. The third-order valence-electron chi connectivity index (χ3n) is 6.31. The highest BCUT2D eigenvalue weighted by molar-refractivity contribution is 5.92. The molecule has 2 amide bonds. The summed E-state index contributed by atoms with van der Waals surface area (Å²) in [5, 5.41) is 2.60. The Balaban J connectivity index is 1.75. The summed E-state index contributed by atoms with van der Waals surface area (Å²) < 4.78 is 44.8. The van der Waals surface area contributed by atoms with Crippen LogP contribution in [-0.2, 0) is 15.8 Å². The van der Waals surface area contributed by atoms with Gasteiger partial charge in [-0.2, -0.15) is 13.2 Å². The first-order valence-corrected chi connectivity index (χ1v) is 10.7. The second-order valence-corrected chi connectivity index (χ2v) is 8.20. The second kappa shape index (κ2) is 9.27. The highest BCUT2D eigenvalue weighted by Crippen LogP contribution is 2.37. The maximum atomic E-state index is 13.0. The molecule has 0 aliphatic carbocycles. The molecule has 2 aliphatic rings. The number of anilines is 1. The van der Waals surface area contributed by atoms with Gasteiger partial charge in [0.1, 0.15) is 5.75 Å². The van der Waals surface area contributed by atoms with Crippen LogP contribution in [0.25, 0.3) is 0 Å². The van der Waals surface area contributed by atoms with Crippen molar-refractivity contribution in [1.82, 2.24) is 4.90 Å². The summed E-state index contributed by atoms with van der Waals surface area (Å²) in [6, 6.07) is 3.13. The number of nitrogens with one attached hydrogen (secondary N) is 1. The molecular formula is C22H29F3N2O3. The summed E-state index contributed by atoms with van der Waals surface area (Å²) in [6.45, 7) is 5.56. The molecule has 2 atom stereocenters. The number of nitrogens with zero attached hydrogens (tertiary/aromatic N) is 1. The number of rotatable bonds is 3. The Hall–Kier alpha value is -2.25. The maximum Gasteiger partial charge on any atom is 0.416 e. The fourth-order valence-corrected chi connectivity index (χ4v) is 4.46. The standard InChI is InChI=1S/C22H29F3N2O3/c1-3-14(4-2)21(29)27-9-7-15-11-20(28)26-18-12-17(22(23,24)25)5-6-19(18)30-10-8-16(15)13-27/h5-6,12,14-16H,3-4,7-11,13H2,1-2H3,(H,26,28)/t15-,16-/m0/s1. The number of piperidine rings is 1. The average Bonchev–Trinajstić information content (AvgIpc) is 2.70. The largest absolute Gasteiger partial charge is 0.491 e. The lowest BCUT2D eigenvalue weighted by atomic mass is 9.80. The van der Waals surface area contributed by atoms with Crippen LogP contribution in [0.4, 0.5) is 18.9 Å². The predicted molar refractivity (Wildman–Crippen MR) is 107 cm³/mol. The Kier molecular flexibility index (Phi) is 6.93. The number of carbonyl (C=O) groups is 2. The fourth-order valence-electron chi connectivity index (χ4n) is 4.46. The van der Waals surface area contributed by atoms with Gasteiger partial charge >= 0.3 is 6.18 Å². The Bertz CT molecular complexity index is 777. The molecule has 166 valence electrons. The minimum atomic E-state index is -4.49. The SMILES string of the molecule is CCC(CC)C(=O)N1CC[C@H]2CC(=O)Nc3cc(C(F)(F)F)ccc3OCC[C@H]2C1. The van der Waals surface area contributed by atoms with E-state index in [0.717, 1.165) is 25.0 Å². The third kappa shape index (κ3) is 5.08. The van der Waals surface area contributed by atoms with E-state index < -0.39 is 11.7 Å². The van der Waals surface area contributed by atoms with Crippen molar-refractivity contribution < 1.29 is 27.5 Å². The molecule has 2 aliphatic heterocycles. The average molecular weight is 426 g/mol. The Morgan fingerprint density at radius 2 is 1.97 bits per heavy atom. The van der Waals surface area contributed by atoms with E-state index in [1.807, 2.05) is 18.7 Å². The van der Waals surface area contributed by atoms with E-state index in [1.165, 1.54) is 6.07 Å². The summed E-state index contributed by atoms with van der Waals surface area (Å²) in [5.41, 5.74) is -0.775. The molecule has 1 fully saturated rings. The highest BCUT2D eigenvalue weighted by atomic mass is 19.4. The molecule has 1 aromatic rings. The lowest BCUT2D eigenvalue weighted by Gasteiger charge is -2.40. The summed E-state index contributed by atoms with van der Waals surface area (Å²) in [7, 11) is 0. The van der Waals surface area contributed by atoms with Gasteiger partial charge in [-0.1, -0.05) is 13.8 Å². The predicted octanol–water partition coefficient (Wildman–Crippen LogP) is 4.72. The van der Waals surface area contributed by atoms with Crippen LogP contribution in [0, 0.1) is 17.8 Å². The molecule has 0 spiro atoms. The molecule has 2 heterocycles. The lowest BCUT2D eigenvalue weighted by Crippen LogP contribution is -2.47. The molecule has 3 rings (SSSR count).